The van der Waals surface area contributed by atoms with Crippen molar-refractivity contribution in [3.63, 3.8) is 0 Å². The molecule has 0 bridgehead atoms. The van der Waals surface area contributed by atoms with E-state index in [0.717, 1.165) is 0 Å². The Kier molecular flexibility index (Phi) is 3.37. The van der Waals surface area contributed by atoms with Crippen LogP contribution in [-0.2, 0) is 15.5 Å². The van der Waals surface area contributed by atoms with E-state index in [4.69, 9.17) is 9.31 Å². The van der Waals surface area contributed by atoms with Gasteiger partial charge in [-0.15, -0.1) is 0 Å². The minimum absolute atomic E-state index is 0.349. The van der Waals surface area contributed by atoms with Crippen LogP contribution in [0.3, 0.4) is 0 Å². The van der Waals surface area contributed by atoms with Crippen LogP contribution in [0.4, 0.5) is 17.6 Å². The highest BCUT2D eigenvalue weighted by molar-refractivity contribution is 6.62. The molecule has 1 aromatic heterocycles. The molecule has 2 rings (SSSR count). The van der Waals surface area contributed by atoms with E-state index >= 15 is 0 Å². The van der Waals surface area contributed by atoms with Crippen molar-refractivity contribution < 1.29 is 26.9 Å². The Balaban J connectivity index is 2.40. The molecule has 3 nitrogen and oxygen atoms in total. The molecule has 1 aromatic rings. The van der Waals surface area contributed by atoms with Gasteiger partial charge in [0.05, 0.1) is 16.8 Å². The van der Waals surface area contributed by atoms with Gasteiger partial charge in [0.1, 0.15) is 0 Å². The smallest absolute Gasteiger partial charge is 0.399 e. The molecule has 1 saturated heterocycles. The maximum atomic E-state index is 13.7. The van der Waals surface area contributed by atoms with Gasteiger partial charge in [-0.05, 0) is 33.8 Å². The molecule has 0 radical (unpaired) electrons. The van der Waals surface area contributed by atoms with Gasteiger partial charge in [0.25, 0.3) is 0 Å². The van der Waals surface area contributed by atoms with E-state index in [1.807, 2.05) is 0 Å². The summed E-state index contributed by atoms with van der Waals surface area (Å²) in [5.74, 6) is -1.03. The quantitative estimate of drug-likeness (QED) is 0.452. The zero-order valence-corrected chi connectivity index (χ0v) is 11.5. The zero-order valence-electron chi connectivity index (χ0n) is 11.5. The first kappa shape index (κ1) is 15.2. The molecule has 110 valence electrons. The summed E-state index contributed by atoms with van der Waals surface area (Å²) in [6.45, 7) is 6.91. The molecule has 0 N–H and O–H groups in total. The van der Waals surface area contributed by atoms with Crippen molar-refractivity contribution in [3.8, 4) is 0 Å². The van der Waals surface area contributed by atoms with E-state index in [1.54, 1.807) is 27.7 Å². The second-order valence-corrected chi connectivity index (χ2v) is 5.69. The normalized spacial score (nSPS) is 21.3. The van der Waals surface area contributed by atoms with Gasteiger partial charge in [0.2, 0.25) is 5.95 Å². The van der Waals surface area contributed by atoms with E-state index in [9.17, 15) is 17.6 Å². The Morgan fingerprint density at radius 3 is 2.05 bits per heavy atom. The second-order valence-electron chi connectivity index (χ2n) is 5.69. The lowest BCUT2D eigenvalue weighted by molar-refractivity contribution is -0.137. The Hall–Kier alpha value is -1.15. The Morgan fingerprint density at radius 2 is 1.60 bits per heavy atom. The number of hydrogen-bond donors (Lipinski definition) is 0. The van der Waals surface area contributed by atoms with Crippen LogP contribution < -0.4 is 5.46 Å². The summed E-state index contributed by atoms with van der Waals surface area (Å²) < 4.78 is 62.7. The van der Waals surface area contributed by atoms with Crippen LogP contribution in [0.25, 0.3) is 0 Å². The second kappa shape index (κ2) is 4.43. The predicted octanol–water partition coefficient (Wildman–Crippen LogP) is 2.54. The third-order valence-electron chi connectivity index (χ3n) is 3.70. The minimum atomic E-state index is -4.60. The molecule has 0 aromatic carbocycles. The van der Waals surface area contributed by atoms with Gasteiger partial charge in [-0.2, -0.15) is 17.6 Å². The first-order valence-electron chi connectivity index (χ1n) is 6.02. The Bertz CT molecular complexity index is 515. The van der Waals surface area contributed by atoms with Crippen LogP contribution in [0.1, 0.15) is 33.3 Å². The molecule has 2 heterocycles. The number of nitrogens with zero attached hydrogens (tertiary/aromatic N) is 1. The molecular weight excluding hydrogens is 277 g/mol. The number of alkyl halides is 3. The fraction of sp³-hybridized carbons (Fsp3) is 0.583. The molecule has 0 amide bonds. The van der Waals surface area contributed by atoms with Gasteiger partial charge < -0.3 is 9.31 Å². The molecule has 0 aliphatic carbocycles. The number of hydrogen-bond acceptors (Lipinski definition) is 3. The summed E-state index contributed by atoms with van der Waals surface area (Å²) in [6.07, 6.45) is -4.15. The maximum absolute atomic E-state index is 13.7. The summed E-state index contributed by atoms with van der Waals surface area (Å²) in [4.78, 5) is 3.14. The summed E-state index contributed by atoms with van der Waals surface area (Å²) in [6, 6.07) is 0.671. The third kappa shape index (κ3) is 2.54. The van der Waals surface area contributed by atoms with Crippen LogP contribution in [0, 0.1) is 5.95 Å². The van der Waals surface area contributed by atoms with Crippen LogP contribution >= 0.6 is 0 Å². The lowest BCUT2D eigenvalue weighted by Gasteiger charge is -2.32. The van der Waals surface area contributed by atoms with Gasteiger partial charge in [0.15, 0.2) is 0 Å². The molecule has 0 spiro atoms. The Labute approximate surface area is 114 Å². The predicted molar refractivity (Wildman–Crippen MR) is 64.9 cm³/mol. The molecule has 20 heavy (non-hydrogen) atoms. The Morgan fingerprint density at radius 1 is 1.10 bits per heavy atom. The first-order valence-corrected chi connectivity index (χ1v) is 6.02. The highest BCUT2D eigenvalue weighted by atomic mass is 19.4. The molecule has 0 saturated carbocycles. The topological polar surface area (TPSA) is 31.4 Å². The molecule has 1 aliphatic heterocycles. The molecular formula is C12H14BF4NO2. The lowest BCUT2D eigenvalue weighted by Crippen LogP contribution is -2.41. The highest BCUT2D eigenvalue weighted by Crippen LogP contribution is 2.37. The zero-order chi connectivity index (χ0) is 15.3. The maximum Gasteiger partial charge on any atom is 0.499 e. The fourth-order valence-electron chi connectivity index (χ4n) is 1.76. The molecule has 1 fully saturated rings. The van der Waals surface area contributed by atoms with Crippen molar-refractivity contribution in [2.75, 3.05) is 0 Å². The third-order valence-corrected chi connectivity index (χ3v) is 3.70. The summed E-state index contributed by atoms with van der Waals surface area (Å²) in [5, 5.41) is 0. The van der Waals surface area contributed by atoms with E-state index < -0.39 is 36.0 Å². The van der Waals surface area contributed by atoms with Crippen molar-refractivity contribution in [1.82, 2.24) is 4.98 Å². The summed E-state index contributed by atoms with van der Waals surface area (Å²) in [7, 11) is -1.21. The first-order chi connectivity index (χ1) is 8.94. The molecule has 0 unspecified atom stereocenters. The monoisotopic (exact) mass is 291 g/mol. The van der Waals surface area contributed by atoms with E-state index in [-0.39, 0.29) is 5.46 Å². The largest absolute Gasteiger partial charge is 0.499 e. The molecule has 0 atom stereocenters. The van der Waals surface area contributed by atoms with E-state index in [0.29, 0.717) is 12.3 Å². The van der Waals surface area contributed by atoms with Gasteiger partial charge >= 0.3 is 13.3 Å². The molecule has 1 aliphatic rings. The van der Waals surface area contributed by atoms with Crippen LogP contribution in [0.15, 0.2) is 12.3 Å². The average molecular weight is 291 g/mol. The molecule has 8 heteroatoms. The van der Waals surface area contributed by atoms with Crippen LogP contribution in [0.5, 0.6) is 0 Å². The SMILES string of the molecule is CC1(C)OB(c2cc(C(F)(F)F)cnc2F)OC1(C)C. The summed E-state index contributed by atoms with van der Waals surface area (Å²) in [5.41, 5.74) is -2.92. The van der Waals surface area contributed by atoms with Crippen LogP contribution in [0.2, 0.25) is 0 Å². The highest BCUT2D eigenvalue weighted by Gasteiger charge is 2.53. The standard InChI is InChI=1S/C12H14BF4NO2/c1-10(2)11(3,4)20-13(19-10)8-5-7(12(15,16)17)6-18-9(8)14/h5-6H,1-4H3. The van der Waals surface area contributed by atoms with E-state index in [1.165, 1.54) is 0 Å². The van der Waals surface area contributed by atoms with E-state index in [2.05, 4.69) is 4.98 Å². The number of pyridine rings is 1. The van der Waals surface area contributed by atoms with Crippen molar-refractivity contribution in [2.24, 2.45) is 0 Å². The van der Waals surface area contributed by atoms with Gasteiger partial charge in [0, 0.05) is 11.7 Å². The average Bonchev–Trinajstić information content (AvgIpc) is 2.46. The van der Waals surface area contributed by atoms with Crippen molar-refractivity contribution >= 4 is 12.6 Å². The lowest BCUT2D eigenvalue weighted by atomic mass is 9.79. The number of aromatic nitrogens is 1. The van der Waals surface area contributed by atoms with Crippen molar-refractivity contribution in [1.29, 1.82) is 0 Å². The number of rotatable bonds is 1. The fourth-order valence-corrected chi connectivity index (χ4v) is 1.76. The van der Waals surface area contributed by atoms with Gasteiger partial charge in [-0.25, -0.2) is 4.98 Å². The van der Waals surface area contributed by atoms with Crippen molar-refractivity contribution in [2.45, 2.75) is 45.1 Å². The van der Waals surface area contributed by atoms with Crippen LogP contribution in [-0.4, -0.2) is 23.3 Å². The summed E-state index contributed by atoms with van der Waals surface area (Å²) >= 11 is 0. The minimum Gasteiger partial charge on any atom is -0.399 e. The van der Waals surface area contributed by atoms with Gasteiger partial charge in [-0.1, -0.05) is 0 Å². The van der Waals surface area contributed by atoms with Gasteiger partial charge in [-0.3, -0.25) is 0 Å². The van der Waals surface area contributed by atoms with Crippen molar-refractivity contribution in [3.05, 3.63) is 23.8 Å². The number of halogens is 4.